The van der Waals surface area contributed by atoms with Crippen LogP contribution in [-0.4, -0.2) is 0 Å². The molecular weight excluding hydrogens is 316 g/mol. The summed E-state index contributed by atoms with van der Waals surface area (Å²) in [6.07, 6.45) is 1.73. The van der Waals surface area contributed by atoms with E-state index in [0.29, 0.717) is 10.4 Å². The van der Waals surface area contributed by atoms with Crippen molar-refractivity contribution in [1.29, 1.82) is 10.5 Å². The van der Waals surface area contributed by atoms with Gasteiger partial charge in [0.1, 0.15) is 17.0 Å². The molecule has 0 bridgehead atoms. The Kier molecular flexibility index (Phi) is 3.72. The molecule has 0 atom stereocenters. The second kappa shape index (κ2) is 5.67. The Hall–Kier alpha value is -2.18. The van der Waals surface area contributed by atoms with E-state index < -0.39 is 0 Å². The van der Waals surface area contributed by atoms with Crippen LogP contribution in [-0.2, 0) is 0 Å². The molecule has 0 aliphatic carbocycles. The maximum Gasteiger partial charge on any atom is 0.113 e. The molecule has 5 heteroatoms. The molecule has 0 saturated carbocycles. The van der Waals surface area contributed by atoms with Gasteiger partial charge in [-0.3, -0.25) is 0 Å². The molecule has 0 aliphatic heterocycles. The second-order valence-electron chi connectivity index (χ2n) is 4.12. The van der Waals surface area contributed by atoms with Crippen LogP contribution in [0.3, 0.4) is 0 Å². The average Bonchev–Trinajstić information content (AvgIpc) is 3.23. The maximum atomic E-state index is 9.36. The highest BCUT2D eigenvalue weighted by molar-refractivity contribution is 7.23. The van der Waals surface area contributed by atoms with Gasteiger partial charge in [0.15, 0.2) is 0 Å². The first-order valence-electron chi connectivity index (χ1n) is 6.01. The standard InChI is InChI=1S/C16H8N2S3/c1-2-11-13(9-18)21-16(14(11)12-4-3-6-19-12)15-10(8-17)5-7-20-15/h2-7H,1H2. The Balaban J connectivity index is 2.37. The first-order valence-corrected chi connectivity index (χ1v) is 8.59. The van der Waals surface area contributed by atoms with E-state index in [1.807, 2.05) is 29.0 Å². The van der Waals surface area contributed by atoms with Crippen LogP contribution in [0, 0.1) is 22.7 Å². The third kappa shape index (κ3) is 2.22. The lowest BCUT2D eigenvalue weighted by Crippen LogP contribution is -1.80. The lowest BCUT2D eigenvalue weighted by Gasteiger charge is -2.02. The van der Waals surface area contributed by atoms with Crippen LogP contribution in [0.1, 0.15) is 16.0 Å². The van der Waals surface area contributed by atoms with E-state index in [9.17, 15) is 10.5 Å². The summed E-state index contributed by atoms with van der Waals surface area (Å²) in [5, 5.41) is 22.5. The number of thiophene rings is 3. The topological polar surface area (TPSA) is 47.6 Å². The molecule has 0 fully saturated rings. The predicted octanol–water partition coefficient (Wildman–Crippen LogP) is 5.59. The van der Waals surface area contributed by atoms with Crippen molar-refractivity contribution in [2.24, 2.45) is 0 Å². The van der Waals surface area contributed by atoms with E-state index in [1.54, 1.807) is 17.4 Å². The Bertz CT molecular complexity index is 883. The SMILES string of the molecule is C=Cc1c(C#N)sc(-c2sccc2C#N)c1-c1cccs1. The van der Waals surface area contributed by atoms with Gasteiger partial charge in [-0.2, -0.15) is 10.5 Å². The molecule has 0 N–H and O–H groups in total. The number of hydrogen-bond donors (Lipinski definition) is 0. The van der Waals surface area contributed by atoms with Gasteiger partial charge in [-0.05, 0) is 22.9 Å². The molecule has 3 rings (SSSR count). The summed E-state index contributed by atoms with van der Waals surface area (Å²) >= 11 is 4.59. The summed E-state index contributed by atoms with van der Waals surface area (Å²) in [4.78, 5) is 3.64. The van der Waals surface area contributed by atoms with E-state index in [-0.39, 0.29) is 0 Å². The molecular formula is C16H8N2S3. The maximum absolute atomic E-state index is 9.36. The van der Waals surface area contributed by atoms with Gasteiger partial charge < -0.3 is 0 Å². The molecule has 0 radical (unpaired) electrons. The zero-order valence-corrected chi connectivity index (χ0v) is 13.2. The molecule has 21 heavy (non-hydrogen) atoms. The van der Waals surface area contributed by atoms with Gasteiger partial charge in [0.05, 0.1) is 15.3 Å². The van der Waals surface area contributed by atoms with Gasteiger partial charge in [0, 0.05) is 16.0 Å². The van der Waals surface area contributed by atoms with Crippen molar-refractivity contribution in [2.45, 2.75) is 0 Å². The van der Waals surface area contributed by atoms with Crippen molar-refractivity contribution in [2.75, 3.05) is 0 Å². The van der Waals surface area contributed by atoms with Crippen molar-refractivity contribution >= 4 is 40.1 Å². The molecule has 0 saturated heterocycles. The fourth-order valence-corrected chi connectivity index (χ4v) is 5.10. The Morgan fingerprint density at radius 1 is 1.05 bits per heavy atom. The quantitative estimate of drug-likeness (QED) is 0.630. The van der Waals surface area contributed by atoms with Gasteiger partial charge in [0.2, 0.25) is 0 Å². The summed E-state index contributed by atoms with van der Waals surface area (Å²) < 4.78 is 0. The van der Waals surface area contributed by atoms with Gasteiger partial charge in [-0.25, -0.2) is 0 Å². The van der Waals surface area contributed by atoms with Crippen molar-refractivity contribution in [1.82, 2.24) is 0 Å². The minimum Gasteiger partial charge on any atom is -0.192 e. The molecule has 0 aliphatic rings. The highest BCUT2D eigenvalue weighted by Gasteiger charge is 2.22. The molecule has 100 valence electrons. The molecule has 0 aromatic carbocycles. The highest BCUT2D eigenvalue weighted by atomic mass is 32.1. The van der Waals surface area contributed by atoms with Gasteiger partial charge in [-0.15, -0.1) is 34.0 Å². The van der Waals surface area contributed by atoms with Crippen LogP contribution in [0.5, 0.6) is 0 Å². The van der Waals surface area contributed by atoms with Crippen molar-refractivity contribution in [3.63, 3.8) is 0 Å². The summed E-state index contributed by atoms with van der Waals surface area (Å²) in [7, 11) is 0. The average molecular weight is 324 g/mol. The zero-order valence-electron chi connectivity index (χ0n) is 10.8. The van der Waals surface area contributed by atoms with E-state index in [1.165, 1.54) is 22.7 Å². The third-order valence-electron chi connectivity index (χ3n) is 3.01. The Morgan fingerprint density at radius 3 is 2.52 bits per heavy atom. The Morgan fingerprint density at radius 2 is 1.90 bits per heavy atom. The van der Waals surface area contributed by atoms with E-state index in [0.717, 1.165) is 25.8 Å². The molecule has 3 heterocycles. The van der Waals surface area contributed by atoms with Crippen LogP contribution in [0.2, 0.25) is 0 Å². The second-order valence-corrected chi connectivity index (χ2v) is 7.00. The van der Waals surface area contributed by atoms with E-state index in [2.05, 4.69) is 18.7 Å². The first kappa shape index (κ1) is 13.8. The summed E-state index contributed by atoms with van der Waals surface area (Å²) in [6.45, 7) is 3.85. The number of rotatable bonds is 3. The number of hydrogen-bond acceptors (Lipinski definition) is 5. The minimum atomic E-state index is 0.640. The number of nitriles is 2. The van der Waals surface area contributed by atoms with E-state index >= 15 is 0 Å². The van der Waals surface area contributed by atoms with Crippen molar-refractivity contribution in [3.8, 4) is 32.3 Å². The fraction of sp³-hybridized carbons (Fsp3) is 0. The molecule has 2 nitrogen and oxygen atoms in total. The molecule has 0 amide bonds. The van der Waals surface area contributed by atoms with Crippen LogP contribution in [0.15, 0.2) is 35.5 Å². The van der Waals surface area contributed by atoms with Crippen molar-refractivity contribution < 1.29 is 0 Å². The molecule has 3 aromatic heterocycles. The smallest absolute Gasteiger partial charge is 0.113 e. The first-order chi connectivity index (χ1) is 10.3. The van der Waals surface area contributed by atoms with Crippen LogP contribution in [0.25, 0.3) is 26.3 Å². The summed E-state index contributed by atoms with van der Waals surface area (Å²) in [5.74, 6) is 0. The molecule has 0 unspecified atom stereocenters. The fourth-order valence-electron chi connectivity index (χ4n) is 2.12. The zero-order chi connectivity index (χ0) is 14.8. The molecule has 3 aromatic rings. The lowest BCUT2D eigenvalue weighted by molar-refractivity contribution is 1.51. The molecule has 0 spiro atoms. The van der Waals surface area contributed by atoms with Crippen molar-refractivity contribution in [3.05, 3.63) is 51.5 Å². The summed E-state index contributed by atoms with van der Waals surface area (Å²) in [6, 6.07) is 10.3. The van der Waals surface area contributed by atoms with Gasteiger partial charge in [-0.1, -0.05) is 18.7 Å². The third-order valence-corrected chi connectivity index (χ3v) is 6.09. The number of nitrogens with zero attached hydrogens (tertiary/aromatic N) is 2. The van der Waals surface area contributed by atoms with E-state index in [4.69, 9.17) is 0 Å². The van der Waals surface area contributed by atoms with Gasteiger partial charge >= 0.3 is 0 Å². The largest absolute Gasteiger partial charge is 0.192 e. The minimum absolute atomic E-state index is 0.640. The van der Waals surface area contributed by atoms with Crippen LogP contribution in [0.4, 0.5) is 0 Å². The van der Waals surface area contributed by atoms with Crippen LogP contribution < -0.4 is 0 Å². The summed E-state index contributed by atoms with van der Waals surface area (Å²) in [5.41, 5.74) is 2.52. The predicted molar refractivity (Wildman–Crippen MR) is 90.5 cm³/mol. The van der Waals surface area contributed by atoms with Gasteiger partial charge in [0.25, 0.3) is 0 Å². The van der Waals surface area contributed by atoms with Crippen LogP contribution >= 0.6 is 34.0 Å². The normalized spacial score (nSPS) is 10.0. The monoisotopic (exact) mass is 324 g/mol. The highest BCUT2D eigenvalue weighted by Crippen LogP contribution is 2.47. The lowest BCUT2D eigenvalue weighted by atomic mass is 10.1. The Labute approximate surface area is 134 Å².